The first kappa shape index (κ1) is 15.8. The molecule has 0 saturated carbocycles. The summed E-state index contributed by atoms with van der Waals surface area (Å²) in [5.74, 6) is 1.09. The van der Waals surface area contributed by atoms with E-state index in [0.717, 1.165) is 11.3 Å². The standard InChI is InChI=1S/C16H21NO3S/c1-2-13-21(18,19)17-11-10-15(16-9-6-12-20-16)14-7-4-3-5-8-14/h3-9,12,15,17H,2,10-11,13H2,1H3/t15-/m0/s1. The van der Waals surface area contributed by atoms with Gasteiger partial charge in [0, 0.05) is 12.5 Å². The van der Waals surface area contributed by atoms with Gasteiger partial charge in [-0.2, -0.15) is 0 Å². The molecule has 0 spiro atoms. The Kier molecular flexibility index (Phi) is 5.59. The van der Waals surface area contributed by atoms with E-state index < -0.39 is 10.0 Å². The lowest BCUT2D eigenvalue weighted by molar-refractivity contribution is 0.472. The summed E-state index contributed by atoms with van der Waals surface area (Å²) >= 11 is 0. The van der Waals surface area contributed by atoms with Crippen molar-refractivity contribution in [1.29, 1.82) is 0 Å². The molecule has 0 saturated heterocycles. The van der Waals surface area contributed by atoms with Crippen LogP contribution in [0.25, 0.3) is 0 Å². The average molecular weight is 307 g/mol. The van der Waals surface area contributed by atoms with Gasteiger partial charge in [-0.1, -0.05) is 37.3 Å². The molecule has 0 unspecified atom stereocenters. The van der Waals surface area contributed by atoms with Crippen molar-refractivity contribution >= 4 is 10.0 Å². The molecule has 1 heterocycles. The molecule has 1 aromatic carbocycles. The summed E-state index contributed by atoms with van der Waals surface area (Å²) in [7, 11) is -3.16. The number of furan rings is 1. The molecule has 5 heteroatoms. The highest BCUT2D eigenvalue weighted by Gasteiger charge is 2.17. The molecule has 0 aliphatic carbocycles. The number of hydrogen-bond acceptors (Lipinski definition) is 3. The predicted molar refractivity (Wildman–Crippen MR) is 83.7 cm³/mol. The first-order valence-electron chi connectivity index (χ1n) is 7.18. The summed E-state index contributed by atoms with van der Waals surface area (Å²) in [6.45, 7) is 2.26. The molecule has 1 N–H and O–H groups in total. The van der Waals surface area contributed by atoms with Crippen molar-refractivity contribution < 1.29 is 12.8 Å². The first-order chi connectivity index (χ1) is 10.1. The zero-order chi connectivity index (χ0) is 15.1. The summed E-state index contributed by atoms with van der Waals surface area (Å²) in [6.07, 6.45) is 2.93. The minimum atomic E-state index is -3.16. The quantitative estimate of drug-likeness (QED) is 0.815. The summed E-state index contributed by atoms with van der Waals surface area (Å²) in [5, 5.41) is 0. The molecule has 114 valence electrons. The van der Waals surface area contributed by atoms with Gasteiger partial charge in [0.15, 0.2) is 0 Å². The van der Waals surface area contributed by atoms with Crippen LogP contribution in [0.1, 0.15) is 37.0 Å². The number of hydrogen-bond donors (Lipinski definition) is 1. The Morgan fingerprint density at radius 3 is 2.52 bits per heavy atom. The van der Waals surface area contributed by atoms with Crippen molar-refractivity contribution in [3.05, 3.63) is 60.1 Å². The summed E-state index contributed by atoms with van der Waals surface area (Å²) in [4.78, 5) is 0. The molecule has 1 aromatic heterocycles. The third-order valence-corrected chi connectivity index (χ3v) is 4.91. The minimum absolute atomic E-state index is 0.0607. The van der Waals surface area contributed by atoms with Crippen LogP contribution in [-0.2, 0) is 10.0 Å². The van der Waals surface area contributed by atoms with E-state index in [1.54, 1.807) is 6.26 Å². The number of rotatable bonds is 8. The SMILES string of the molecule is CCCS(=O)(=O)NCC[C@@H](c1ccccc1)c1ccco1. The Bertz CT molecular complexity index is 621. The van der Waals surface area contributed by atoms with E-state index >= 15 is 0 Å². The maximum Gasteiger partial charge on any atom is 0.211 e. The maximum absolute atomic E-state index is 11.7. The second kappa shape index (κ2) is 7.43. The van der Waals surface area contributed by atoms with Crippen LogP contribution in [0.15, 0.2) is 53.1 Å². The third kappa shape index (κ3) is 4.72. The first-order valence-corrected chi connectivity index (χ1v) is 8.83. The molecule has 1 atom stereocenters. The molecule has 0 radical (unpaired) electrons. The lowest BCUT2D eigenvalue weighted by Gasteiger charge is -2.15. The largest absolute Gasteiger partial charge is 0.469 e. The van der Waals surface area contributed by atoms with Gasteiger partial charge in [0.2, 0.25) is 10.0 Å². The van der Waals surface area contributed by atoms with E-state index in [-0.39, 0.29) is 11.7 Å². The molecule has 21 heavy (non-hydrogen) atoms. The van der Waals surface area contributed by atoms with E-state index in [2.05, 4.69) is 4.72 Å². The van der Waals surface area contributed by atoms with Crippen LogP contribution in [0.2, 0.25) is 0 Å². The second-order valence-electron chi connectivity index (χ2n) is 4.98. The van der Waals surface area contributed by atoms with Crippen LogP contribution < -0.4 is 4.72 Å². The topological polar surface area (TPSA) is 59.3 Å². The van der Waals surface area contributed by atoms with Gasteiger partial charge < -0.3 is 4.42 Å². The molecule has 0 aliphatic heterocycles. The van der Waals surface area contributed by atoms with Crippen molar-refractivity contribution in [3.8, 4) is 0 Å². The molecule has 2 rings (SSSR count). The molecule has 0 fully saturated rings. The van der Waals surface area contributed by atoms with Crippen molar-refractivity contribution in [2.45, 2.75) is 25.7 Å². The van der Waals surface area contributed by atoms with Gasteiger partial charge in [-0.15, -0.1) is 0 Å². The van der Waals surface area contributed by atoms with Crippen LogP contribution in [0.4, 0.5) is 0 Å². The molecule has 2 aromatic rings. The van der Waals surface area contributed by atoms with E-state index in [9.17, 15) is 8.42 Å². The van der Waals surface area contributed by atoms with Crippen molar-refractivity contribution in [3.63, 3.8) is 0 Å². The Morgan fingerprint density at radius 1 is 1.14 bits per heavy atom. The van der Waals surface area contributed by atoms with Gasteiger partial charge in [-0.05, 0) is 30.5 Å². The number of nitrogens with one attached hydrogen (secondary N) is 1. The van der Waals surface area contributed by atoms with Crippen molar-refractivity contribution in [2.24, 2.45) is 0 Å². The average Bonchev–Trinajstić information content (AvgIpc) is 2.98. The Labute approximate surface area is 126 Å². The van der Waals surface area contributed by atoms with Gasteiger partial charge in [0.1, 0.15) is 5.76 Å². The van der Waals surface area contributed by atoms with Gasteiger partial charge >= 0.3 is 0 Å². The fourth-order valence-corrected chi connectivity index (χ4v) is 3.46. The summed E-state index contributed by atoms with van der Waals surface area (Å²) in [5.41, 5.74) is 1.13. The van der Waals surface area contributed by atoms with E-state index in [0.29, 0.717) is 19.4 Å². The monoisotopic (exact) mass is 307 g/mol. The lowest BCUT2D eigenvalue weighted by Crippen LogP contribution is -2.28. The molecular weight excluding hydrogens is 286 g/mol. The van der Waals surface area contributed by atoms with Gasteiger partial charge in [0.25, 0.3) is 0 Å². The normalized spacial score (nSPS) is 13.2. The fraction of sp³-hybridized carbons (Fsp3) is 0.375. The van der Waals surface area contributed by atoms with E-state index in [1.165, 1.54) is 0 Å². The van der Waals surface area contributed by atoms with Crippen LogP contribution in [0.3, 0.4) is 0 Å². The van der Waals surface area contributed by atoms with Gasteiger partial charge in [0.05, 0.1) is 12.0 Å². The highest BCUT2D eigenvalue weighted by Crippen LogP contribution is 2.27. The highest BCUT2D eigenvalue weighted by molar-refractivity contribution is 7.89. The zero-order valence-corrected chi connectivity index (χ0v) is 13.0. The Hall–Kier alpha value is -1.59. The predicted octanol–water partition coefficient (Wildman–Crippen LogP) is 3.13. The molecule has 0 bridgehead atoms. The Morgan fingerprint density at radius 2 is 1.90 bits per heavy atom. The zero-order valence-electron chi connectivity index (χ0n) is 12.2. The minimum Gasteiger partial charge on any atom is -0.469 e. The van der Waals surface area contributed by atoms with Crippen molar-refractivity contribution in [1.82, 2.24) is 4.72 Å². The Balaban J connectivity index is 2.05. The summed E-state index contributed by atoms with van der Waals surface area (Å²) in [6, 6.07) is 13.8. The number of benzene rings is 1. The fourth-order valence-electron chi connectivity index (χ4n) is 2.35. The lowest BCUT2D eigenvalue weighted by atomic mass is 9.93. The van der Waals surface area contributed by atoms with Crippen LogP contribution in [0, 0.1) is 0 Å². The second-order valence-corrected chi connectivity index (χ2v) is 6.91. The molecule has 4 nitrogen and oxygen atoms in total. The van der Waals surface area contributed by atoms with Crippen molar-refractivity contribution in [2.75, 3.05) is 12.3 Å². The van der Waals surface area contributed by atoms with E-state index in [4.69, 9.17) is 4.42 Å². The molecule has 0 aliphatic rings. The smallest absolute Gasteiger partial charge is 0.211 e. The maximum atomic E-state index is 11.7. The third-order valence-electron chi connectivity index (χ3n) is 3.32. The van der Waals surface area contributed by atoms with Crippen LogP contribution in [0.5, 0.6) is 0 Å². The van der Waals surface area contributed by atoms with Crippen LogP contribution >= 0.6 is 0 Å². The molecular formula is C16H21NO3S. The van der Waals surface area contributed by atoms with E-state index in [1.807, 2.05) is 49.4 Å². The number of sulfonamides is 1. The van der Waals surface area contributed by atoms with Crippen LogP contribution in [-0.4, -0.2) is 20.7 Å². The molecule has 0 amide bonds. The van der Waals surface area contributed by atoms with Gasteiger partial charge in [-0.3, -0.25) is 0 Å². The summed E-state index contributed by atoms with van der Waals surface area (Å²) < 4.78 is 31.6. The highest BCUT2D eigenvalue weighted by atomic mass is 32.2. The van der Waals surface area contributed by atoms with Gasteiger partial charge in [-0.25, -0.2) is 13.1 Å².